The van der Waals surface area contributed by atoms with Gasteiger partial charge in [0.2, 0.25) is 0 Å². The number of hydrogen-bond acceptors (Lipinski definition) is 9. The van der Waals surface area contributed by atoms with Gasteiger partial charge in [-0.2, -0.15) is 0 Å². The normalized spacial score (nSPS) is 39.6. The van der Waals surface area contributed by atoms with Crippen molar-refractivity contribution in [2.75, 3.05) is 0 Å². The fourth-order valence-corrected chi connectivity index (χ4v) is 9.21. The molecule has 0 spiro atoms. The van der Waals surface area contributed by atoms with Crippen molar-refractivity contribution in [1.82, 2.24) is 4.98 Å². The predicted molar refractivity (Wildman–Crippen MR) is 165 cm³/mol. The van der Waals surface area contributed by atoms with Crippen LogP contribution < -0.4 is 0 Å². The van der Waals surface area contributed by atoms with E-state index in [2.05, 4.69) is 11.9 Å². The van der Waals surface area contributed by atoms with E-state index in [1.807, 2.05) is 36.4 Å². The van der Waals surface area contributed by atoms with Crippen LogP contribution in [0.2, 0.25) is 0 Å². The molecule has 9 atom stereocenters. The van der Waals surface area contributed by atoms with Gasteiger partial charge in [-0.05, 0) is 81.1 Å². The summed E-state index contributed by atoms with van der Waals surface area (Å²) in [5.74, 6) is -1.86. The lowest BCUT2D eigenvalue weighted by molar-refractivity contribution is -0.326. The summed E-state index contributed by atoms with van der Waals surface area (Å²) in [5, 5.41) is 48.6. The van der Waals surface area contributed by atoms with Gasteiger partial charge in [0.05, 0.1) is 17.1 Å². The highest BCUT2D eigenvalue weighted by atomic mass is 16.6. The third-order valence-corrected chi connectivity index (χ3v) is 12.0. The van der Waals surface area contributed by atoms with Crippen LogP contribution in [0.1, 0.15) is 81.6 Å². The van der Waals surface area contributed by atoms with E-state index in [1.54, 1.807) is 32.1 Å². The number of nitrogens with zero attached hydrogens (tertiary/aromatic N) is 1. The van der Waals surface area contributed by atoms with Crippen molar-refractivity contribution in [1.29, 1.82) is 0 Å². The molecule has 4 aliphatic carbocycles. The molecule has 240 valence electrons. The molecule has 3 unspecified atom stereocenters. The monoisotopic (exact) mass is 617 g/mol. The van der Waals surface area contributed by atoms with Crippen molar-refractivity contribution in [2.45, 2.75) is 101 Å². The Morgan fingerprint density at radius 1 is 1.04 bits per heavy atom. The number of aliphatic hydroxyl groups excluding tert-OH is 1. The van der Waals surface area contributed by atoms with Crippen LogP contribution in [0.5, 0.6) is 0 Å². The average molecular weight is 618 g/mol. The first-order valence-electron chi connectivity index (χ1n) is 15.9. The Morgan fingerprint density at radius 2 is 1.80 bits per heavy atom. The molecular weight excluding hydrogens is 574 g/mol. The molecule has 45 heavy (non-hydrogen) atoms. The van der Waals surface area contributed by atoms with Gasteiger partial charge in [0.1, 0.15) is 29.0 Å². The lowest BCUT2D eigenvalue weighted by Gasteiger charge is -2.67. The van der Waals surface area contributed by atoms with Crippen molar-refractivity contribution < 1.29 is 39.5 Å². The van der Waals surface area contributed by atoms with Crippen molar-refractivity contribution >= 4 is 18.0 Å². The number of ether oxygens (including phenoxy) is 2. The van der Waals surface area contributed by atoms with E-state index in [0.29, 0.717) is 19.3 Å². The Kier molecular flexibility index (Phi) is 7.84. The smallest absolute Gasteiger partial charge is 0.340 e. The van der Waals surface area contributed by atoms with Gasteiger partial charge in [0, 0.05) is 24.4 Å². The summed E-state index contributed by atoms with van der Waals surface area (Å²) < 4.78 is 12.0. The first-order valence-corrected chi connectivity index (χ1v) is 15.9. The lowest BCUT2D eigenvalue weighted by atomic mass is 9.42. The Hall–Kier alpha value is -3.37. The van der Waals surface area contributed by atoms with Gasteiger partial charge in [0.25, 0.3) is 0 Å². The topological polar surface area (TPSA) is 146 Å². The van der Waals surface area contributed by atoms with Crippen molar-refractivity contribution in [2.24, 2.45) is 16.7 Å². The molecule has 0 aliphatic heterocycles. The lowest BCUT2D eigenvalue weighted by Crippen LogP contribution is -2.78. The molecule has 6 rings (SSSR count). The number of rotatable bonds is 6. The minimum atomic E-state index is -1.91. The highest BCUT2D eigenvalue weighted by molar-refractivity contribution is 5.89. The van der Waals surface area contributed by atoms with E-state index in [9.17, 15) is 30.0 Å². The quantitative estimate of drug-likeness (QED) is 0.213. The number of carbonyl (C=O) groups is 2. The van der Waals surface area contributed by atoms with E-state index in [-0.39, 0.29) is 31.2 Å². The Balaban J connectivity index is 1.40. The molecule has 9 nitrogen and oxygen atoms in total. The maximum Gasteiger partial charge on any atom is 0.340 e. The third-order valence-electron chi connectivity index (χ3n) is 12.0. The summed E-state index contributed by atoms with van der Waals surface area (Å²) >= 11 is 0. The zero-order chi connectivity index (χ0) is 32.3. The number of hydrogen-bond donors (Lipinski definition) is 4. The zero-order valence-electron chi connectivity index (χ0n) is 26.1. The number of aliphatic hydroxyl groups is 4. The average Bonchev–Trinajstić information content (AvgIpc) is 3.26. The van der Waals surface area contributed by atoms with Gasteiger partial charge in [-0.1, -0.05) is 55.8 Å². The van der Waals surface area contributed by atoms with Crippen LogP contribution in [0.25, 0.3) is 6.08 Å². The summed E-state index contributed by atoms with van der Waals surface area (Å²) in [5.41, 5.74) is -5.62. The zero-order valence-corrected chi connectivity index (χ0v) is 26.1. The number of esters is 2. The standard InChI is InChI=1S/C36H43NO8/c1-23(44-31(40)25-10-7-19-37-22-25)34(41)17-18-36(43)33(34,3)29(45-30(39)12-11-24-8-5-4-6-9-24)21-28-32(2)15-14-27(38)20-26(32)13-16-35(28,36)42/h4-13,19,22-23,27-29,38,41-43H,14-18,20-21H2,1-3H3/t23?,27?,28-,29?,32+,33-,34-,35+,36-/m1/s1. The number of fused-ring (bicyclic) bond motifs is 5. The van der Waals surface area contributed by atoms with Crippen LogP contribution in [-0.4, -0.2) is 72.5 Å². The first-order chi connectivity index (χ1) is 21.3. The number of aromatic nitrogens is 1. The van der Waals surface area contributed by atoms with E-state index in [0.717, 1.165) is 11.1 Å². The molecule has 2 aromatic rings. The Labute approximate surface area is 263 Å². The van der Waals surface area contributed by atoms with Gasteiger partial charge in [-0.25, -0.2) is 9.59 Å². The molecular formula is C36H43NO8. The van der Waals surface area contributed by atoms with Gasteiger partial charge in [-0.3, -0.25) is 4.98 Å². The first kappa shape index (κ1) is 31.6. The molecule has 4 aliphatic rings. The Morgan fingerprint density at radius 3 is 2.51 bits per heavy atom. The van der Waals surface area contributed by atoms with Gasteiger partial charge in [0.15, 0.2) is 0 Å². The van der Waals surface area contributed by atoms with Gasteiger partial charge in [-0.15, -0.1) is 0 Å². The highest BCUT2D eigenvalue weighted by Gasteiger charge is 2.81. The summed E-state index contributed by atoms with van der Waals surface area (Å²) in [7, 11) is 0. The molecule has 1 heterocycles. The molecule has 4 N–H and O–H groups in total. The van der Waals surface area contributed by atoms with Crippen LogP contribution in [-0.2, 0) is 14.3 Å². The van der Waals surface area contributed by atoms with Crippen molar-refractivity contribution in [3.8, 4) is 0 Å². The van der Waals surface area contributed by atoms with Crippen LogP contribution >= 0.6 is 0 Å². The SMILES string of the molecule is CC(OC(=O)c1cccnc1)[C@]1(O)CC[C@@]2(O)[C@]1(C)C(OC(=O)C=Cc1ccccc1)C[C@@H]1[C@@]3(C)CCC(O)CC3=CC[C@]12O. The predicted octanol–water partition coefficient (Wildman–Crippen LogP) is 4.15. The van der Waals surface area contributed by atoms with Gasteiger partial charge < -0.3 is 29.9 Å². The van der Waals surface area contributed by atoms with Crippen molar-refractivity contribution in [3.63, 3.8) is 0 Å². The Bertz CT molecular complexity index is 1510. The molecule has 1 aromatic carbocycles. The molecule has 1 aromatic heterocycles. The van der Waals surface area contributed by atoms with E-state index < -0.39 is 63.8 Å². The van der Waals surface area contributed by atoms with E-state index in [1.165, 1.54) is 18.5 Å². The van der Waals surface area contributed by atoms with E-state index in [4.69, 9.17) is 9.47 Å². The van der Waals surface area contributed by atoms with Crippen LogP contribution in [0.15, 0.2) is 72.6 Å². The molecule has 0 bridgehead atoms. The summed E-state index contributed by atoms with van der Waals surface area (Å²) in [6.45, 7) is 5.27. The minimum absolute atomic E-state index is 0.00241. The molecule has 3 saturated carbocycles. The molecule has 0 radical (unpaired) electrons. The number of pyridine rings is 1. The van der Waals surface area contributed by atoms with E-state index >= 15 is 0 Å². The van der Waals surface area contributed by atoms with Gasteiger partial charge >= 0.3 is 11.9 Å². The largest absolute Gasteiger partial charge is 0.458 e. The molecule has 0 amide bonds. The summed E-state index contributed by atoms with van der Waals surface area (Å²) in [6, 6.07) is 12.5. The van der Waals surface area contributed by atoms with Crippen LogP contribution in [0, 0.1) is 16.7 Å². The van der Waals surface area contributed by atoms with Crippen LogP contribution in [0.4, 0.5) is 0 Å². The number of carbonyl (C=O) groups excluding carboxylic acids is 2. The molecule has 3 fully saturated rings. The second kappa shape index (κ2) is 11.2. The number of benzene rings is 1. The second-order valence-electron chi connectivity index (χ2n) is 13.9. The second-order valence-corrected chi connectivity index (χ2v) is 13.9. The maximum absolute atomic E-state index is 13.4. The van der Waals surface area contributed by atoms with Crippen molar-refractivity contribution in [3.05, 3.63) is 83.7 Å². The molecule has 9 heteroatoms. The third kappa shape index (κ3) is 4.70. The fourth-order valence-electron chi connectivity index (χ4n) is 9.21. The summed E-state index contributed by atoms with van der Waals surface area (Å²) in [6.07, 6.45) is 7.05. The highest BCUT2D eigenvalue weighted by Crippen LogP contribution is 2.71. The minimum Gasteiger partial charge on any atom is -0.458 e. The van der Waals surface area contributed by atoms with Crippen LogP contribution in [0.3, 0.4) is 0 Å². The molecule has 0 saturated heterocycles. The fraction of sp³-hybridized carbons (Fsp3) is 0.528. The summed E-state index contributed by atoms with van der Waals surface area (Å²) in [4.78, 5) is 30.5. The maximum atomic E-state index is 13.4.